The molecule has 1 aromatic heterocycles. The van der Waals surface area contributed by atoms with E-state index in [0.29, 0.717) is 30.5 Å². The Labute approximate surface area is 124 Å². The van der Waals surface area contributed by atoms with Crippen LogP contribution in [0.3, 0.4) is 0 Å². The summed E-state index contributed by atoms with van der Waals surface area (Å²) in [6, 6.07) is 9.51. The third kappa shape index (κ3) is 4.40. The number of ether oxygens (including phenoxy) is 2. The van der Waals surface area contributed by atoms with Gasteiger partial charge in [-0.2, -0.15) is 4.98 Å². The number of nitrogens with two attached hydrogens (primary N) is 1. The van der Waals surface area contributed by atoms with E-state index in [9.17, 15) is 0 Å². The van der Waals surface area contributed by atoms with Crippen LogP contribution in [0.5, 0.6) is 11.6 Å². The molecule has 6 nitrogen and oxygen atoms in total. The summed E-state index contributed by atoms with van der Waals surface area (Å²) < 4.78 is 10.8. The molecule has 0 aliphatic rings. The summed E-state index contributed by atoms with van der Waals surface area (Å²) in [7, 11) is 1.70. The van der Waals surface area contributed by atoms with Gasteiger partial charge in [-0.15, -0.1) is 0 Å². The number of methoxy groups -OCH3 is 1. The maximum absolute atomic E-state index is 5.74. The normalized spacial score (nSPS) is 10.4. The van der Waals surface area contributed by atoms with Crippen molar-refractivity contribution >= 4 is 5.82 Å². The Bertz CT molecular complexity index is 550. The Kier molecular flexibility index (Phi) is 5.48. The van der Waals surface area contributed by atoms with Crippen LogP contribution >= 0.6 is 0 Å². The van der Waals surface area contributed by atoms with Crippen molar-refractivity contribution in [2.45, 2.75) is 19.8 Å². The van der Waals surface area contributed by atoms with E-state index >= 15 is 0 Å². The molecule has 0 atom stereocenters. The van der Waals surface area contributed by atoms with Gasteiger partial charge in [0.05, 0.1) is 6.61 Å². The lowest BCUT2D eigenvalue weighted by Crippen LogP contribution is -2.10. The van der Waals surface area contributed by atoms with E-state index < -0.39 is 0 Å². The molecule has 112 valence electrons. The van der Waals surface area contributed by atoms with Crippen LogP contribution < -0.4 is 16.0 Å². The fourth-order valence-electron chi connectivity index (χ4n) is 1.82. The third-order valence-corrected chi connectivity index (χ3v) is 2.95. The van der Waals surface area contributed by atoms with E-state index in [0.717, 1.165) is 12.2 Å². The zero-order valence-corrected chi connectivity index (χ0v) is 12.3. The van der Waals surface area contributed by atoms with Crippen molar-refractivity contribution in [1.29, 1.82) is 0 Å². The molecule has 1 heterocycles. The maximum atomic E-state index is 5.74. The van der Waals surface area contributed by atoms with Gasteiger partial charge in [-0.1, -0.05) is 19.1 Å². The molecule has 0 aliphatic carbocycles. The van der Waals surface area contributed by atoms with Gasteiger partial charge in [-0.05, 0) is 24.1 Å². The number of benzene rings is 1. The summed E-state index contributed by atoms with van der Waals surface area (Å²) in [6.45, 7) is 2.68. The number of nitrogens with zero attached hydrogens (tertiary/aromatic N) is 2. The van der Waals surface area contributed by atoms with Gasteiger partial charge in [0, 0.05) is 19.6 Å². The zero-order chi connectivity index (χ0) is 15.1. The molecule has 2 aromatic rings. The average Bonchev–Trinajstić information content (AvgIpc) is 2.53. The highest BCUT2D eigenvalue weighted by Gasteiger charge is 2.05. The maximum Gasteiger partial charge on any atom is 0.224 e. The number of aromatic nitrogens is 2. The number of rotatable bonds is 7. The number of nitrogens with one attached hydrogen (secondary N) is 1. The van der Waals surface area contributed by atoms with E-state index in [-0.39, 0.29) is 0 Å². The largest absolute Gasteiger partial charge is 0.439 e. The fraction of sp³-hybridized carbons (Fsp3) is 0.333. The number of hydrogen-bond acceptors (Lipinski definition) is 6. The number of anilines is 1. The third-order valence-electron chi connectivity index (χ3n) is 2.95. The molecule has 0 saturated heterocycles. The highest BCUT2D eigenvalue weighted by Crippen LogP contribution is 2.22. The van der Waals surface area contributed by atoms with E-state index in [1.165, 1.54) is 5.56 Å². The lowest BCUT2D eigenvalue weighted by atomic mass is 10.1. The second-order valence-corrected chi connectivity index (χ2v) is 4.49. The van der Waals surface area contributed by atoms with Crippen molar-refractivity contribution < 1.29 is 9.47 Å². The van der Waals surface area contributed by atoms with Crippen LogP contribution in [0.25, 0.3) is 0 Å². The summed E-state index contributed by atoms with van der Waals surface area (Å²) in [5, 5.41) is 0. The molecule has 3 N–H and O–H groups in total. The van der Waals surface area contributed by atoms with Crippen molar-refractivity contribution in [3.05, 3.63) is 41.7 Å². The minimum absolute atomic E-state index is 0.472. The van der Waals surface area contributed by atoms with Crippen LogP contribution in [-0.2, 0) is 17.6 Å². The second kappa shape index (κ2) is 7.56. The molecule has 1 aromatic carbocycles. The van der Waals surface area contributed by atoms with E-state index in [1.54, 1.807) is 13.2 Å². The number of hydrazine groups is 1. The van der Waals surface area contributed by atoms with Crippen LogP contribution in [0.15, 0.2) is 30.3 Å². The molecule has 21 heavy (non-hydrogen) atoms. The number of nitrogen functional groups attached to an aromatic ring is 1. The predicted molar refractivity (Wildman–Crippen MR) is 81.3 cm³/mol. The van der Waals surface area contributed by atoms with Crippen LogP contribution in [0.4, 0.5) is 5.82 Å². The van der Waals surface area contributed by atoms with Gasteiger partial charge in [-0.25, -0.2) is 10.8 Å². The van der Waals surface area contributed by atoms with Crippen LogP contribution in [0, 0.1) is 0 Å². The summed E-state index contributed by atoms with van der Waals surface area (Å²) >= 11 is 0. The van der Waals surface area contributed by atoms with Crippen molar-refractivity contribution in [3.8, 4) is 11.6 Å². The second-order valence-electron chi connectivity index (χ2n) is 4.49. The van der Waals surface area contributed by atoms with Gasteiger partial charge in [0.2, 0.25) is 5.88 Å². The Hall–Kier alpha value is -2.18. The standard InChI is InChI=1S/C15H20N4O2/c1-3-13-17-14(19-16)10-15(18-13)21-12-6-4-11(5-7-12)8-9-20-2/h4-7,10H,3,8-9,16H2,1-2H3,(H,17,18,19). The number of aryl methyl sites for hydroxylation is 1. The number of hydrogen-bond donors (Lipinski definition) is 2. The first-order valence-corrected chi connectivity index (χ1v) is 6.85. The summed E-state index contributed by atoms with van der Waals surface area (Å²) in [5.74, 6) is 7.80. The van der Waals surface area contributed by atoms with Crippen LogP contribution in [-0.4, -0.2) is 23.7 Å². The molecule has 0 unspecified atom stereocenters. The van der Waals surface area contributed by atoms with Crippen molar-refractivity contribution in [2.75, 3.05) is 19.1 Å². The van der Waals surface area contributed by atoms with Crippen molar-refractivity contribution in [3.63, 3.8) is 0 Å². The molecule has 0 radical (unpaired) electrons. The topological polar surface area (TPSA) is 82.3 Å². The zero-order valence-electron chi connectivity index (χ0n) is 12.3. The first-order valence-electron chi connectivity index (χ1n) is 6.85. The van der Waals surface area contributed by atoms with Crippen LogP contribution in [0.1, 0.15) is 18.3 Å². The molecular formula is C15H20N4O2. The molecule has 0 bridgehead atoms. The lowest BCUT2D eigenvalue weighted by molar-refractivity contribution is 0.202. The quantitative estimate of drug-likeness (QED) is 0.601. The summed E-state index contributed by atoms with van der Waals surface area (Å²) in [5.41, 5.74) is 3.71. The smallest absolute Gasteiger partial charge is 0.224 e. The SMILES string of the molecule is CCc1nc(NN)cc(Oc2ccc(CCOC)cc2)n1. The van der Waals surface area contributed by atoms with Crippen molar-refractivity contribution in [2.24, 2.45) is 5.84 Å². The molecule has 0 spiro atoms. The molecular weight excluding hydrogens is 268 g/mol. The molecule has 0 amide bonds. The van der Waals surface area contributed by atoms with E-state index in [2.05, 4.69) is 15.4 Å². The monoisotopic (exact) mass is 288 g/mol. The minimum atomic E-state index is 0.472. The summed E-state index contributed by atoms with van der Waals surface area (Å²) in [6.07, 6.45) is 1.59. The Morgan fingerprint density at radius 2 is 1.95 bits per heavy atom. The molecule has 2 rings (SSSR count). The average molecular weight is 288 g/mol. The van der Waals surface area contributed by atoms with E-state index in [4.69, 9.17) is 15.3 Å². The van der Waals surface area contributed by atoms with Gasteiger partial charge >= 0.3 is 0 Å². The molecule has 0 saturated carbocycles. The van der Waals surface area contributed by atoms with Gasteiger partial charge < -0.3 is 14.9 Å². The van der Waals surface area contributed by atoms with Gasteiger partial charge in [0.1, 0.15) is 17.4 Å². The summed E-state index contributed by atoms with van der Waals surface area (Å²) in [4.78, 5) is 8.54. The minimum Gasteiger partial charge on any atom is -0.439 e. The molecule has 6 heteroatoms. The Morgan fingerprint density at radius 3 is 2.57 bits per heavy atom. The lowest BCUT2D eigenvalue weighted by Gasteiger charge is -2.09. The van der Waals surface area contributed by atoms with Gasteiger partial charge in [0.15, 0.2) is 0 Å². The Morgan fingerprint density at radius 1 is 1.19 bits per heavy atom. The van der Waals surface area contributed by atoms with Crippen LogP contribution in [0.2, 0.25) is 0 Å². The van der Waals surface area contributed by atoms with Crippen molar-refractivity contribution in [1.82, 2.24) is 9.97 Å². The molecule has 0 fully saturated rings. The Balaban J connectivity index is 2.10. The highest BCUT2D eigenvalue weighted by molar-refractivity contribution is 5.39. The first kappa shape index (κ1) is 15.2. The molecule has 0 aliphatic heterocycles. The predicted octanol–water partition coefficient (Wildman–Crippen LogP) is 2.31. The highest BCUT2D eigenvalue weighted by atomic mass is 16.5. The van der Waals surface area contributed by atoms with Gasteiger partial charge in [-0.3, -0.25) is 0 Å². The van der Waals surface area contributed by atoms with Gasteiger partial charge in [0.25, 0.3) is 0 Å². The fourth-order valence-corrected chi connectivity index (χ4v) is 1.82. The van der Waals surface area contributed by atoms with E-state index in [1.807, 2.05) is 31.2 Å². The first-order chi connectivity index (χ1) is 10.2.